The fourth-order valence-electron chi connectivity index (χ4n) is 0.788. The Kier molecular flexibility index (Phi) is 3.69. The summed E-state index contributed by atoms with van der Waals surface area (Å²) in [5.41, 5.74) is 0.778. The van der Waals surface area contributed by atoms with Gasteiger partial charge in [-0.3, -0.25) is 0 Å². The molecule has 0 saturated heterocycles. The van der Waals surface area contributed by atoms with Crippen molar-refractivity contribution in [3.8, 4) is 0 Å². The second kappa shape index (κ2) is 4.84. The van der Waals surface area contributed by atoms with Crippen molar-refractivity contribution in [2.75, 3.05) is 6.61 Å². The number of hydrogen-bond acceptors (Lipinski definition) is 4. The predicted octanol–water partition coefficient (Wildman–Crippen LogP) is 0.0922. The minimum atomic E-state index is 0.0618. The van der Waals surface area contributed by atoms with Gasteiger partial charge in [0.1, 0.15) is 5.69 Å². The van der Waals surface area contributed by atoms with Gasteiger partial charge >= 0.3 is 0 Å². The van der Waals surface area contributed by atoms with E-state index in [2.05, 4.69) is 15.4 Å². The van der Waals surface area contributed by atoms with Crippen LogP contribution >= 0.6 is 0 Å². The third kappa shape index (κ3) is 2.98. The number of ether oxygens (including phenoxy) is 1. The molecule has 2 N–H and O–H groups in total. The summed E-state index contributed by atoms with van der Waals surface area (Å²) in [6.07, 6.45) is 2.33. The van der Waals surface area contributed by atoms with Crippen LogP contribution in [-0.2, 0) is 11.3 Å². The van der Waals surface area contributed by atoms with Gasteiger partial charge < -0.3 is 9.84 Å². The molecule has 0 bridgehead atoms. The quantitative estimate of drug-likeness (QED) is 0.658. The third-order valence-electron chi connectivity index (χ3n) is 1.52. The van der Waals surface area contributed by atoms with E-state index in [1.807, 2.05) is 6.92 Å². The molecule has 0 amide bonds. The van der Waals surface area contributed by atoms with E-state index in [1.54, 1.807) is 6.20 Å². The zero-order valence-corrected chi connectivity index (χ0v) is 7.03. The largest absolute Gasteiger partial charge is 0.396 e. The fourth-order valence-corrected chi connectivity index (χ4v) is 0.788. The van der Waals surface area contributed by atoms with Gasteiger partial charge in [0.05, 0.1) is 18.9 Å². The lowest BCUT2D eigenvalue weighted by Gasteiger charge is -2.09. The molecule has 1 heterocycles. The van der Waals surface area contributed by atoms with Crippen LogP contribution in [0.4, 0.5) is 0 Å². The average molecular weight is 171 g/mol. The number of aromatic nitrogens is 3. The maximum absolute atomic E-state index is 8.58. The van der Waals surface area contributed by atoms with Gasteiger partial charge in [-0.15, -0.1) is 0 Å². The van der Waals surface area contributed by atoms with Gasteiger partial charge in [-0.25, -0.2) is 0 Å². The second-order valence-electron chi connectivity index (χ2n) is 2.60. The lowest BCUT2D eigenvalue weighted by Crippen LogP contribution is -2.10. The van der Waals surface area contributed by atoms with Crippen LogP contribution in [-0.4, -0.2) is 33.2 Å². The summed E-state index contributed by atoms with van der Waals surface area (Å²) in [4.78, 5) is 0. The molecule has 5 heteroatoms. The summed E-state index contributed by atoms with van der Waals surface area (Å²) < 4.78 is 5.34. The van der Waals surface area contributed by atoms with Crippen LogP contribution in [0, 0.1) is 0 Å². The summed E-state index contributed by atoms with van der Waals surface area (Å²) in [6.45, 7) is 2.51. The van der Waals surface area contributed by atoms with E-state index in [-0.39, 0.29) is 12.7 Å². The normalized spacial score (nSPS) is 13.2. The molecule has 0 aliphatic heterocycles. The van der Waals surface area contributed by atoms with Gasteiger partial charge in [-0.2, -0.15) is 15.4 Å². The molecule has 0 fully saturated rings. The number of nitrogens with zero attached hydrogens (tertiary/aromatic N) is 2. The van der Waals surface area contributed by atoms with Crippen LogP contribution in [0.5, 0.6) is 0 Å². The van der Waals surface area contributed by atoms with Gasteiger partial charge in [0.2, 0.25) is 0 Å². The van der Waals surface area contributed by atoms with E-state index >= 15 is 0 Å². The molecule has 1 aromatic rings. The number of aliphatic hydroxyl groups excluding tert-OH is 1. The first-order chi connectivity index (χ1) is 5.83. The third-order valence-corrected chi connectivity index (χ3v) is 1.52. The van der Waals surface area contributed by atoms with E-state index in [4.69, 9.17) is 9.84 Å². The smallest absolute Gasteiger partial charge is 0.108 e. The topological polar surface area (TPSA) is 71.0 Å². The number of H-pyrrole nitrogens is 1. The van der Waals surface area contributed by atoms with Crippen LogP contribution in [0.25, 0.3) is 0 Å². The summed E-state index contributed by atoms with van der Waals surface area (Å²) in [5, 5.41) is 18.5. The van der Waals surface area contributed by atoms with Crippen molar-refractivity contribution in [2.45, 2.75) is 26.1 Å². The van der Waals surface area contributed by atoms with Crippen molar-refractivity contribution >= 4 is 0 Å². The molecule has 1 rings (SSSR count). The Morgan fingerprint density at radius 1 is 1.75 bits per heavy atom. The van der Waals surface area contributed by atoms with Gasteiger partial charge in [0, 0.05) is 6.61 Å². The minimum Gasteiger partial charge on any atom is -0.396 e. The maximum atomic E-state index is 8.58. The molecule has 0 aromatic carbocycles. The molecule has 0 radical (unpaired) electrons. The SMILES string of the molecule is CC(CCO)OCc1cn[nH]n1. The zero-order valence-electron chi connectivity index (χ0n) is 7.03. The molecule has 1 unspecified atom stereocenters. The molecule has 1 aromatic heterocycles. The molecule has 0 aliphatic rings. The summed E-state index contributed by atoms with van der Waals surface area (Å²) in [6, 6.07) is 0. The highest BCUT2D eigenvalue weighted by atomic mass is 16.5. The monoisotopic (exact) mass is 171 g/mol. The van der Waals surface area contributed by atoms with Gasteiger partial charge in [-0.1, -0.05) is 0 Å². The lowest BCUT2D eigenvalue weighted by atomic mass is 10.3. The highest BCUT2D eigenvalue weighted by molar-refractivity contribution is 4.86. The zero-order chi connectivity index (χ0) is 8.81. The van der Waals surface area contributed by atoms with Gasteiger partial charge in [0.15, 0.2) is 0 Å². The first-order valence-corrected chi connectivity index (χ1v) is 3.90. The lowest BCUT2D eigenvalue weighted by molar-refractivity contribution is 0.0346. The number of hydrogen-bond donors (Lipinski definition) is 2. The van der Waals surface area contributed by atoms with E-state index in [0.29, 0.717) is 13.0 Å². The van der Waals surface area contributed by atoms with Crippen molar-refractivity contribution in [1.29, 1.82) is 0 Å². The number of aliphatic hydroxyl groups is 1. The number of rotatable bonds is 5. The second-order valence-corrected chi connectivity index (χ2v) is 2.60. The molecule has 0 saturated carbocycles. The molecule has 1 atom stereocenters. The predicted molar refractivity (Wildman–Crippen MR) is 42.3 cm³/mol. The van der Waals surface area contributed by atoms with Crippen molar-refractivity contribution in [1.82, 2.24) is 15.4 Å². The molecular formula is C7H13N3O2. The van der Waals surface area contributed by atoms with E-state index in [1.165, 1.54) is 0 Å². The molecule has 5 nitrogen and oxygen atoms in total. The van der Waals surface area contributed by atoms with Crippen molar-refractivity contribution < 1.29 is 9.84 Å². The summed E-state index contributed by atoms with van der Waals surface area (Å²) in [7, 11) is 0. The van der Waals surface area contributed by atoms with Crippen molar-refractivity contribution in [3.05, 3.63) is 11.9 Å². The van der Waals surface area contributed by atoms with Gasteiger partial charge in [-0.05, 0) is 13.3 Å². The van der Waals surface area contributed by atoms with E-state index in [0.717, 1.165) is 5.69 Å². The first-order valence-electron chi connectivity index (χ1n) is 3.90. The minimum absolute atomic E-state index is 0.0618. The Labute approximate surface area is 70.7 Å². The van der Waals surface area contributed by atoms with Gasteiger partial charge in [0.25, 0.3) is 0 Å². The summed E-state index contributed by atoms with van der Waals surface area (Å²) >= 11 is 0. The highest BCUT2D eigenvalue weighted by Crippen LogP contribution is 2.00. The number of nitrogens with one attached hydrogen (secondary N) is 1. The molecule has 68 valence electrons. The van der Waals surface area contributed by atoms with Crippen molar-refractivity contribution in [3.63, 3.8) is 0 Å². The first kappa shape index (κ1) is 9.15. The Hall–Kier alpha value is -0.940. The van der Waals surface area contributed by atoms with Crippen LogP contribution < -0.4 is 0 Å². The van der Waals surface area contributed by atoms with Crippen LogP contribution in [0.3, 0.4) is 0 Å². The Bertz CT molecular complexity index is 200. The molecular weight excluding hydrogens is 158 g/mol. The highest BCUT2D eigenvalue weighted by Gasteiger charge is 2.02. The Balaban J connectivity index is 2.17. The molecule has 0 spiro atoms. The molecule has 12 heavy (non-hydrogen) atoms. The maximum Gasteiger partial charge on any atom is 0.108 e. The number of aromatic amines is 1. The summed E-state index contributed by atoms with van der Waals surface area (Å²) in [5.74, 6) is 0. The van der Waals surface area contributed by atoms with Crippen LogP contribution in [0.1, 0.15) is 19.0 Å². The van der Waals surface area contributed by atoms with Crippen molar-refractivity contribution in [2.24, 2.45) is 0 Å². The molecule has 0 aliphatic carbocycles. The fraction of sp³-hybridized carbons (Fsp3) is 0.714. The standard InChI is InChI=1S/C7H13N3O2/c1-6(2-3-11)12-5-7-4-8-10-9-7/h4,6,11H,2-3,5H2,1H3,(H,8,9,10). The van der Waals surface area contributed by atoms with E-state index in [9.17, 15) is 0 Å². The van der Waals surface area contributed by atoms with Crippen LogP contribution in [0.2, 0.25) is 0 Å². The Morgan fingerprint density at radius 3 is 3.17 bits per heavy atom. The van der Waals surface area contributed by atoms with E-state index < -0.39 is 0 Å². The van der Waals surface area contributed by atoms with Crippen LogP contribution in [0.15, 0.2) is 6.20 Å². The Morgan fingerprint density at radius 2 is 2.58 bits per heavy atom. The average Bonchev–Trinajstić information content (AvgIpc) is 2.53.